The number of aromatic carboxylic acids is 1. The van der Waals surface area contributed by atoms with E-state index in [0.717, 1.165) is 10.0 Å². The van der Waals surface area contributed by atoms with E-state index in [4.69, 9.17) is 9.84 Å². The second-order valence-electron chi connectivity index (χ2n) is 5.22. The van der Waals surface area contributed by atoms with E-state index in [-0.39, 0.29) is 11.5 Å². The Balaban J connectivity index is 1.84. The number of nitrogens with zero attached hydrogens (tertiary/aromatic N) is 1. The quantitative estimate of drug-likeness (QED) is 0.711. The number of hydrogen-bond acceptors (Lipinski definition) is 5. The molecule has 1 aliphatic rings. The third-order valence-electron chi connectivity index (χ3n) is 3.47. The number of carbonyl (C=O) groups excluding carboxylic acids is 1. The molecule has 0 bridgehead atoms. The number of thioether (sulfide) groups is 1. The summed E-state index contributed by atoms with van der Waals surface area (Å²) in [6, 6.07) is 11.6. The molecule has 26 heavy (non-hydrogen) atoms. The molecule has 132 valence electrons. The molecular weight excluding hydrogens is 420 g/mol. The Morgan fingerprint density at radius 1 is 1.27 bits per heavy atom. The van der Waals surface area contributed by atoms with Crippen molar-refractivity contribution in [3.8, 4) is 5.75 Å². The molecule has 0 aliphatic carbocycles. The molecule has 0 spiro atoms. The van der Waals surface area contributed by atoms with Gasteiger partial charge in [-0.15, -0.1) is 0 Å². The van der Waals surface area contributed by atoms with E-state index >= 15 is 0 Å². The van der Waals surface area contributed by atoms with Crippen LogP contribution in [0.3, 0.4) is 0 Å². The monoisotopic (exact) mass is 432 g/mol. The Bertz CT molecular complexity index is 939. The number of amidine groups is 1. The Kier molecular flexibility index (Phi) is 5.43. The first kappa shape index (κ1) is 18.2. The minimum Gasteiger partial charge on any atom is -0.496 e. The van der Waals surface area contributed by atoms with E-state index in [1.165, 1.54) is 23.9 Å². The van der Waals surface area contributed by atoms with E-state index in [2.05, 4.69) is 26.2 Å². The number of carboxylic acids is 1. The fourth-order valence-electron chi connectivity index (χ4n) is 2.24. The number of benzene rings is 2. The summed E-state index contributed by atoms with van der Waals surface area (Å²) in [5, 5.41) is 12.0. The van der Waals surface area contributed by atoms with E-state index in [1.807, 2.05) is 18.2 Å². The fourth-order valence-corrected chi connectivity index (χ4v) is 3.45. The van der Waals surface area contributed by atoms with Crippen molar-refractivity contribution >= 4 is 56.5 Å². The van der Waals surface area contributed by atoms with Gasteiger partial charge in [0, 0.05) is 10.0 Å². The standard InChI is InChI=1S/C18H13BrN2O4S/c1-25-14-7-4-12(19)8-11(14)9-15-16(22)21-18(26-15)20-13-5-2-10(3-6-13)17(23)24/h2-9H,1H3,(H,23,24)(H,20,21,22)/b15-9-. The molecule has 3 rings (SSSR count). The zero-order chi connectivity index (χ0) is 18.7. The lowest BCUT2D eigenvalue weighted by atomic mass is 10.2. The number of rotatable bonds is 4. The highest BCUT2D eigenvalue weighted by atomic mass is 79.9. The van der Waals surface area contributed by atoms with Crippen molar-refractivity contribution in [2.24, 2.45) is 4.99 Å². The molecule has 6 nitrogen and oxygen atoms in total. The van der Waals surface area contributed by atoms with Crippen molar-refractivity contribution < 1.29 is 19.4 Å². The number of hydrogen-bond donors (Lipinski definition) is 2. The molecule has 2 aromatic carbocycles. The van der Waals surface area contributed by atoms with Gasteiger partial charge < -0.3 is 15.2 Å². The van der Waals surface area contributed by atoms with Crippen molar-refractivity contribution in [3.05, 3.63) is 63.0 Å². The molecule has 0 radical (unpaired) electrons. The van der Waals surface area contributed by atoms with Gasteiger partial charge in [-0.3, -0.25) is 4.79 Å². The first-order valence-electron chi connectivity index (χ1n) is 7.43. The Hall–Kier alpha value is -2.58. The summed E-state index contributed by atoms with van der Waals surface area (Å²) in [6.07, 6.45) is 1.74. The van der Waals surface area contributed by atoms with Crippen LogP contribution in [0.15, 0.2) is 56.8 Å². The van der Waals surface area contributed by atoms with Gasteiger partial charge in [-0.1, -0.05) is 15.9 Å². The average molecular weight is 433 g/mol. The third kappa shape index (κ3) is 4.14. The molecule has 2 aromatic rings. The molecular formula is C18H13BrN2O4S. The van der Waals surface area contributed by atoms with Gasteiger partial charge in [0.05, 0.1) is 23.3 Å². The Labute approximate surface area is 162 Å². The normalized spacial score (nSPS) is 16.8. The zero-order valence-electron chi connectivity index (χ0n) is 13.5. The zero-order valence-corrected chi connectivity index (χ0v) is 15.9. The molecule has 0 saturated carbocycles. The van der Waals surface area contributed by atoms with Crippen LogP contribution in [0.5, 0.6) is 5.75 Å². The smallest absolute Gasteiger partial charge is 0.335 e. The summed E-state index contributed by atoms with van der Waals surface area (Å²) in [5.74, 6) is -0.595. The van der Waals surface area contributed by atoms with Crippen molar-refractivity contribution in [1.82, 2.24) is 5.32 Å². The van der Waals surface area contributed by atoms with Crippen LogP contribution in [0.4, 0.5) is 5.69 Å². The van der Waals surface area contributed by atoms with Gasteiger partial charge in [0.25, 0.3) is 5.91 Å². The van der Waals surface area contributed by atoms with Crippen LogP contribution in [0.25, 0.3) is 6.08 Å². The van der Waals surface area contributed by atoms with Crippen molar-refractivity contribution in [3.63, 3.8) is 0 Å². The van der Waals surface area contributed by atoms with Crippen LogP contribution in [0.2, 0.25) is 0 Å². The summed E-state index contributed by atoms with van der Waals surface area (Å²) in [6.45, 7) is 0. The van der Waals surface area contributed by atoms with Crippen molar-refractivity contribution in [2.45, 2.75) is 0 Å². The lowest BCUT2D eigenvalue weighted by Crippen LogP contribution is -2.19. The van der Waals surface area contributed by atoms with Gasteiger partial charge in [-0.25, -0.2) is 9.79 Å². The third-order valence-corrected chi connectivity index (χ3v) is 4.88. The molecule has 1 aliphatic heterocycles. The SMILES string of the molecule is COc1ccc(Br)cc1/C=C1\SC(=Nc2ccc(C(=O)O)cc2)NC1=O. The number of halogens is 1. The maximum absolute atomic E-state index is 12.2. The summed E-state index contributed by atoms with van der Waals surface area (Å²) < 4.78 is 6.19. The lowest BCUT2D eigenvalue weighted by Gasteiger charge is -2.05. The van der Waals surface area contributed by atoms with Crippen LogP contribution < -0.4 is 10.1 Å². The van der Waals surface area contributed by atoms with Gasteiger partial charge in [0.15, 0.2) is 5.17 Å². The van der Waals surface area contributed by atoms with Crippen molar-refractivity contribution in [2.75, 3.05) is 7.11 Å². The van der Waals surface area contributed by atoms with Gasteiger partial charge in [0.2, 0.25) is 0 Å². The van der Waals surface area contributed by atoms with Crippen LogP contribution >= 0.6 is 27.7 Å². The van der Waals surface area contributed by atoms with Crippen LogP contribution in [0.1, 0.15) is 15.9 Å². The molecule has 1 amide bonds. The maximum Gasteiger partial charge on any atom is 0.335 e. The largest absolute Gasteiger partial charge is 0.496 e. The number of ether oxygens (including phenoxy) is 1. The van der Waals surface area contributed by atoms with Gasteiger partial charge in [-0.05, 0) is 60.3 Å². The molecule has 0 unspecified atom stereocenters. The molecule has 0 aromatic heterocycles. The highest BCUT2D eigenvalue weighted by Crippen LogP contribution is 2.31. The van der Waals surface area contributed by atoms with Crippen molar-refractivity contribution in [1.29, 1.82) is 0 Å². The Morgan fingerprint density at radius 3 is 2.65 bits per heavy atom. The predicted molar refractivity (Wildman–Crippen MR) is 105 cm³/mol. The summed E-state index contributed by atoms with van der Waals surface area (Å²) in [4.78, 5) is 27.9. The first-order chi connectivity index (χ1) is 12.5. The number of methoxy groups -OCH3 is 1. The number of nitrogens with one attached hydrogen (secondary N) is 1. The highest BCUT2D eigenvalue weighted by Gasteiger charge is 2.24. The van der Waals surface area contributed by atoms with Crippen LogP contribution in [-0.2, 0) is 4.79 Å². The lowest BCUT2D eigenvalue weighted by molar-refractivity contribution is -0.115. The molecule has 0 atom stereocenters. The van der Waals surface area contributed by atoms with E-state index in [0.29, 0.717) is 21.5 Å². The summed E-state index contributed by atoms with van der Waals surface area (Å²) in [5.41, 5.74) is 1.50. The van der Waals surface area contributed by atoms with Crippen LogP contribution in [0, 0.1) is 0 Å². The number of aliphatic imine (C=N–C) groups is 1. The van der Waals surface area contributed by atoms with E-state index in [1.54, 1.807) is 25.3 Å². The topological polar surface area (TPSA) is 88.0 Å². The number of carboxylic acid groups (broad SMARTS) is 1. The fraction of sp³-hybridized carbons (Fsp3) is 0.0556. The van der Waals surface area contributed by atoms with Gasteiger partial charge in [0.1, 0.15) is 5.75 Å². The average Bonchev–Trinajstić information content (AvgIpc) is 2.95. The highest BCUT2D eigenvalue weighted by molar-refractivity contribution is 9.10. The minimum atomic E-state index is -0.999. The van der Waals surface area contributed by atoms with E-state index in [9.17, 15) is 9.59 Å². The predicted octanol–water partition coefficient (Wildman–Crippen LogP) is 4.05. The Morgan fingerprint density at radius 2 is 2.00 bits per heavy atom. The van der Waals surface area contributed by atoms with E-state index < -0.39 is 5.97 Å². The second kappa shape index (κ2) is 7.76. The van der Waals surface area contributed by atoms with Gasteiger partial charge in [-0.2, -0.15) is 0 Å². The first-order valence-corrected chi connectivity index (χ1v) is 9.03. The molecule has 2 N–H and O–H groups in total. The molecule has 1 heterocycles. The molecule has 1 fully saturated rings. The number of carbonyl (C=O) groups is 2. The van der Waals surface area contributed by atoms with Crippen LogP contribution in [-0.4, -0.2) is 29.3 Å². The molecule has 1 saturated heterocycles. The summed E-state index contributed by atoms with van der Waals surface area (Å²) >= 11 is 4.61. The summed E-state index contributed by atoms with van der Waals surface area (Å²) in [7, 11) is 1.57. The second-order valence-corrected chi connectivity index (χ2v) is 7.17. The number of amides is 1. The van der Waals surface area contributed by atoms with Gasteiger partial charge >= 0.3 is 5.97 Å². The minimum absolute atomic E-state index is 0.180. The maximum atomic E-state index is 12.2. The molecule has 8 heteroatoms.